The molecule has 3 rings (SSSR count). The summed E-state index contributed by atoms with van der Waals surface area (Å²) in [5, 5.41) is 3.20. The van der Waals surface area contributed by atoms with Crippen molar-refractivity contribution in [2.45, 2.75) is 31.0 Å². The van der Waals surface area contributed by atoms with Crippen molar-refractivity contribution in [3.63, 3.8) is 0 Å². The molecule has 7 nitrogen and oxygen atoms in total. The number of methoxy groups -OCH3 is 1. The zero-order valence-corrected chi connectivity index (χ0v) is 15.4. The molecule has 8 heteroatoms. The zero-order valence-electron chi connectivity index (χ0n) is 14.6. The van der Waals surface area contributed by atoms with Crippen LogP contribution in [0.5, 0.6) is 0 Å². The molecular weight excluding hydrogens is 354 g/mol. The van der Waals surface area contributed by atoms with Crippen LogP contribution in [0.15, 0.2) is 34.2 Å². The van der Waals surface area contributed by atoms with Crippen LogP contribution in [0, 0.1) is 0 Å². The Morgan fingerprint density at radius 1 is 1.31 bits per heavy atom. The summed E-state index contributed by atoms with van der Waals surface area (Å²) in [4.78, 5) is 41.5. The molecule has 2 aromatic rings. The van der Waals surface area contributed by atoms with E-state index in [1.807, 2.05) is 6.26 Å². The highest BCUT2D eigenvalue weighted by molar-refractivity contribution is 7.98. The number of benzene rings is 1. The highest BCUT2D eigenvalue weighted by Gasteiger charge is 2.22. The maximum Gasteiger partial charge on any atom is 0.339 e. The number of hydrogen-bond donors (Lipinski definition) is 1. The van der Waals surface area contributed by atoms with E-state index in [0.29, 0.717) is 22.8 Å². The van der Waals surface area contributed by atoms with Gasteiger partial charge in [-0.15, -0.1) is 0 Å². The second-order valence-corrected chi connectivity index (χ2v) is 6.63. The monoisotopic (exact) mass is 373 g/mol. The average Bonchev–Trinajstić information content (AvgIpc) is 3.12. The first-order chi connectivity index (χ1) is 12.5. The van der Waals surface area contributed by atoms with Gasteiger partial charge in [-0.05, 0) is 37.7 Å². The number of nitrogens with zero attached hydrogens (tertiary/aromatic N) is 2. The fourth-order valence-corrected chi connectivity index (χ4v) is 3.59. The Kier molecular flexibility index (Phi) is 5.41. The molecular formula is C18H19N3O4S. The van der Waals surface area contributed by atoms with Crippen molar-refractivity contribution in [3.8, 4) is 0 Å². The van der Waals surface area contributed by atoms with E-state index >= 15 is 0 Å². The maximum absolute atomic E-state index is 12.7. The van der Waals surface area contributed by atoms with Crippen molar-refractivity contribution in [2.75, 3.05) is 18.7 Å². The van der Waals surface area contributed by atoms with Gasteiger partial charge in [-0.2, -0.15) is 0 Å². The van der Waals surface area contributed by atoms with Crippen molar-refractivity contribution in [2.24, 2.45) is 0 Å². The van der Waals surface area contributed by atoms with E-state index in [9.17, 15) is 14.4 Å². The van der Waals surface area contributed by atoms with E-state index in [-0.39, 0.29) is 17.7 Å². The summed E-state index contributed by atoms with van der Waals surface area (Å²) in [6.45, 7) is -0.162. The van der Waals surface area contributed by atoms with Crippen LogP contribution in [0.1, 0.15) is 28.0 Å². The molecule has 0 unspecified atom stereocenters. The average molecular weight is 373 g/mol. The Morgan fingerprint density at radius 3 is 2.81 bits per heavy atom. The van der Waals surface area contributed by atoms with Gasteiger partial charge in [0.1, 0.15) is 6.54 Å². The van der Waals surface area contributed by atoms with Gasteiger partial charge in [0.2, 0.25) is 5.91 Å². The largest absolute Gasteiger partial charge is 0.465 e. The number of rotatable bonds is 5. The lowest BCUT2D eigenvalue weighted by Crippen LogP contribution is -2.32. The van der Waals surface area contributed by atoms with Crippen molar-refractivity contribution in [1.82, 2.24) is 9.55 Å². The molecule has 0 radical (unpaired) electrons. The number of ether oxygens (including phenoxy) is 1. The number of fused-ring (bicyclic) bond motifs is 1. The molecule has 1 aromatic heterocycles. The SMILES string of the molecule is COC(=O)c1ccccc1NC(=O)Cn1c(SC)nc2c(c1=O)CCC2. The van der Waals surface area contributed by atoms with Gasteiger partial charge in [-0.3, -0.25) is 14.2 Å². The van der Waals surface area contributed by atoms with E-state index < -0.39 is 11.9 Å². The number of esters is 1. The Bertz CT molecular complexity index is 923. The predicted molar refractivity (Wildman–Crippen MR) is 98.7 cm³/mol. The van der Waals surface area contributed by atoms with E-state index in [0.717, 1.165) is 18.5 Å². The molecule has 1 heterocycles. The van der Waals surface area contributed by atoms with Gasteiger partial charge in [0.15, 0.2) is 5.16 Å². The normalized spacial score (nSPS) is 12.5. The van der Waals surface area contributed by atoms with Crippen molar-refractivity contribution >= 4 is 29.3 Å². The van der Waals surface area contributed by atoms with Gasteiger partial charge in [-0.25, -0.2) is 9.78 Å². The number of nitrogens with one attached hydrogen (secondary N) is 1. The summed E-state index contributed by atoms with van der Waals surface area (Å²) in [5.41, 5.74) is 1.98. The molecule has 0 aliphatic heterocycles. The molecule has 136 valence electrons. The molecule has 0 fully saturated rings. The maximum atomic E-state index is 12.7. The molecule has 0 spiro atoms. The number of carbonyl (C=O) groups is 2. The summed E-state index contributed by atoms with van der Waals surface area (Å²) in [7, 11) is 1.28. The van der Waals surface area contributed by atoms with Crippen LogP contribution in [0.4, 0.5) is 5.69 Å². The number of para-hydroxylation sites is 1. The third-order valence-electron chi connectivity index (χ3n) is 4.24. The first kappa shape index (κ1) is 18.2. The van der Waals surface area contributed by atoms with Gasteiger partial charge in [-0.1, -0.05) is 23.9 Å². The van der Waals surface area contributed by atoms with Gasteiger partial charge < -0.3 is 10.1 Å². The first-order valence-corrected chi connectivity index (χ1v) is 9.41. The minimum atomic E-state index is -0.540. The van der Waals surface area contributed by atoms with Gasteiger partial charge >= 0.3 is 5.97 Å². The van der Waals surface area contributed by atoms with Crippen LogP contribution in [0.2, 0.25) is 0 Å². The van der Waals surface area contributed by atoms with E-state index in [4.69, 9.17) is 4.74 Å². The smallest absolute Gasteiger partial charge is 0.339 e. The molecule has 0 saturated heterocycles. The van der Waals surface area contributed by atoms with Crippen LogP contribution in [0.25, 0.3) is 0 Å². The fraction of sp³-hybridized carbons (Fsp3) is 0.333. The second-order valence-electron chi connectivity index (χ2n) is 5.85. The molecule has 0 atom stereocenters. The highest BCUT2D eigenvalue weighted by atomic mass is 32.2. The van der Waals surface area contributed by atoms with Crippen LogP contribution in [-0.2, 0) is 28.9 Å². The van der Waals surface area contributed by atoms with Crippen LogP contribution < -0.4 is 10.9 Å². The van der Waals surface area contributed by atoms with Crippen LogP contribution in [0.3, 0.4) is 0 Å². The number of amides is 1. The lowest BCUT2D eigenvalue weighted by Gasteiger charge is -2.14. The van der Waals surface area contributed by atoms with Gasteiger partial charge in [0.25, 0.3) is 5.56 Å². The Morgan fingerprint density at radius 2 is 2.08 bits per heavy atom. The third-order valence-corrected chi connectivity index (χ3v) is 4.92. The minimum absolute atomic E-state index is 0.159. The van der Waals surface area contributed by atoms with Crippen molar-refractivity contribution in [1.29, 1.82) is 0 Å². The van der Waals surface area contributed by atoms with E-state index in [1.165, 1.54) is 23.4 Å². The summed E-state index contributed by atoms with van der Waals surface area (Å²) in [6, 6.07) is 6.57. The van der Waals surface area contributed by atoms with Crippen LogP contribution >= 0.6 is 11.8 Å². The summed E-state index contributed by atoms with van der Waals surface area (Å²) < 4.78 is 6.12. The summed E-state index contributed by atoms with van der Waals surface area (Å²) >= 11 is 1.33. The zero-order chi connectivity index (χ0) is 18.7. The van der Waals surface area contributed by atoms with Crippen molar-refractivity contribution in [3.05, 3.63) is 51.4 Å². The fourth-order valence-electron chi connectivity index (χ4n) is 3.02. The molecule has 0 saturated carbocycles. The number of aryl methyl sites for hydroxylation is 1. The molecule has 0 bridgehead atoms. The molecule has 1 aliphatic rings. The molecule has 1 aliphatic carbocycles. The summed E-state index contributed by atoms with van der Waals surface area (Å²) in [6.07, 6.45) is 4.23. The lowest BCUT2D eigenvalue weighted by molar-refractivity contribution is -0.116. The number of anilines is 1. The number of thioether (sulfide) groups is 1. The minimum Gasteiger partial charge on any atom is -0.465 e. The lowest BCUT2D eigenvalue weighted by atomic mass is 10.2. The van der Waals surface area contributed by atoms with E-state index in [1.54, 1.807) is 24.3 Å². The number of hydrogen-bond acceptors (Lipinski definition) is 6. The van der Waals surface area contributed by atoms with Crippen molar-refractivity contribution < 1.29 is 14.3 Å². The van der Waals surface area contributed by atoms with Crippen LogP contribution in [-0.4, -0.2) is 34.8 Å². The second kappa shape index (κ2) is 7.74. The number of aromatic nitrogens is 2. The van der Waals surface area contributed by atoms with E-state index in [2.05, 4.69) is 10.3 Å². The quantitative estimate of drug-likeness (QED) is 0.489. The first-order valence-electron chi connectivity index (χ1n) is 8.19. The Hall–Kier alpha value is -2.61. The predicted octanol–water partition coefficient (Wildman–Crippen LogP) is 1.88. The topological polar surface area (TPSA) is 90.3 Å². The molecule has 26 heavy (non-hydrogen) atoms. The summed E-state index contributed by atoms with van der Waals surface area (Å²) in [5.74, 6) is -0.944. The Balaban J connectivity index is 1.86. The third kappa shape index (κ3) is 3.50. The molecule has 1 aromatic carbocycles. The van der Waals surface area contributed by atoms with Gasteiger partial charge in [0.05, 0.1) is 24.1 Å². The highest BCUT2D eigenvalue weighted by Crippen LogP contribution is 2.21. The molecule has 1 N–H and O–H groups in total. The number of carbonyl (C=O) groups excluding carboxylic acids is 2. The molecule has 1 amide bonds. The van der Waals surface area contributed by atoms with Gasteiger partial charge in [0, 0.05) is 5.56 Å². The standard InChI is InChI=1S/C18H19N3O4S/c1-25-17(24)12-6-3-4-8-14(12)19-15(22)10-21-16(23)11-7-5-9-13(11)20-18(21)26-2/h3-4,6,8H,5,7,9-10H2,1-2H3,(H,19,22). The Labute approximate surface area is 154 Å².